The third-order valence-corrected chi connectivity index (χ3v) is 6.62. The van der Waals surface area contributed by atoms with Crippen molar-refractivity contribution in [3.63, 3.8) is 0 Å². The zero-order chi connectivity index (χ0) is 24.1. The molecule has 8 nitrogen and oxygen atoms in total. The molecule has 0 radical (unpaired) electrons. The number of hydrogen-bond acceptors (Lipinski definition) is 7. The van der Waals surface area contributed by atoms with Gasteiger partial charge in [0.25, 0.3) is 0 Å². The number of carbonyl (C=O) groups is 2. The molecule has 1 aromatic heterocycles. The number of sulfone groups is 1. The van der Waals surface area contributed by atoms with E-state index in [1.165, 1.54) is 24.3 Å². The summed E-state index contributed by atoms with van der Waals surface area (Å²) in [4.78, 5) is 26.3. The molecule has 0 bridgehead atoms. The van der Waals surface area contributed by atoms with E-state index in [4.69, 9.17) is 37.8 Å². The number of hydrogen-bond donors (Lipinski definition) is 1. The van der Waals surface area contributed by atoms with Gasteiger partial charge in [-0.3, -0.25) is 9.78 Å². The van der Waals surface area contributed by atoms with E-state index in [1.807, 2.05) is 0 Å². The quantitative estimate of drug-likeness (QED) is 0.390. The normalized spacial score (nSPS) is 11.8. The molecule has 32 heavy (non-hydrogen) atoms. The van der Waals surface area contributed by atoms with Crippen molar-refractivity contribution in [1.29, 1.82) is 0 Å². The highest BCUT2D eigenvalue weighted by Crippen LogP contribution is 2.37. The van der Waals surface area contributed by atoms with Gasteiger partial charge in [-0.1, -0.05) is 23.2 Å². The van der Waals surface area contributed by atoms with Crippen molar-refractivity contribution in [2.24, 2.45) is 0 Å². The van der Waals surface area contributed by atoms with Gasteiger partial charge >= 0.3 is 11.9 Å². The molecule has 11 heteroatoms. The van der Waals surface area contributed by atoms with Crippen LogP contribution in [-0.2, 0) is 25.1 Å². The number of esters is 1. The smallest absolute Gasteiger partial charge is 0.337 e. The Morgan fingerprint density at radius 2 is 1.78 bits per heavy atom. The van der Waals surface area contributed by atoms with E-state index in [-0.39, 0.29) is 50.9 Å². The number of aromatic nitrogens is 1. The standard InChI is InChI=1S/C21H23Cl2NO7S/c1-21(2,3)31-17(25)5-4-10-30-15-8-9-16(19(23)18(15)22)32(28,29)12-14-7-6-13(11-24-14)20(26)27/h6-9,11H,4-5,10,12H2,1-3H3,(H,26,27). The number of aromatic carboxylic acids is 1. The summed E-state index contributed by atoms with van der Waals surface area (Å²) < 4.78 is 36.3. The number of rotatable bonds is 9. The molecule has 0 unspecified atom stereocenters. The number of carbonyl (C=O) groups excluding carboxylic acids is 1. The Morgan fingerprint density at radius 1 is 1.09 bits per heavy atom. The van der Waals surface area contributed by atoms with Crippen molar-refractivity contribution < 1.29 is 32.6 Å². The van der Waals surface area contributed by atoms with Crippen molar-refractivity contribution in [2.75, 3.05) is 6.61 Å². The van der Waals surface area contributed by atoms with E-state index in [0.717, 1.165) is 6.20 Å². The van der Waals surface area contributed by atoms with E-state index in [2.05, 4.69) is 4.98 Å². The molecule has 0 spiro atoms. The van der Waals surface area contributed by atoms with Crippen LogP contribution in [0.1, 0.15) is 49.7 Å². The number of halogens is 2. The summed E-state index contributed by atoms with van der Waals surface area (Å²) in [5.74, 6) is -1.82. The van der Waals surface area contributed by atoms with Crippen LogP contribution in [0.25, 0.3) is 0 Å². The van der Waals surface area contributed by atoms with Crippen LogP contribution in [0.15, 0.2) is 35.4 Å². The van der Waals surface area contributed by atoms with Gasteiger partial charge in [-0.2, -0.15) is 0 Å². The molecule has 1 N–H and O–H groups in total. The molecule has 174 valence electrons. The number of carboxylic acid groups (broad SMARTS) is 1. The third kappa shape index (κ3) is 7.36. The average Bonchev–Trinajstić information content (AvgIpc) is 2.66. The zero-order valence-electron chi connectivity index (χ0n) is 17.7. The van der Waals surface area contributed by atoms with Crippen molar-refractivity contribution in [2.45, 2.75) is 49.9 Å². The topological polar surface area (TPSA) is 120 Å². The first-order chi connectivity index (χ1) is 14.8. The SMILES string of the molecule is CC(C)(C)OC(=O)CCCOc1ccc(S(=O)(=O)Cc2ccc(C(=O)O)cn2)c(Cl)c1Cl. The van der Waals surface area contributed by atoms with E-state index < -0.39 is 27.2 Å². The maximum Gasteiger partial charge on any atom is 0.337 e. The lowest BCUT2D eigenvalue weighted by molar-refractivity contribution is -0.155. The van der Waals surface area contributed by atoms with Crippen LogP contribution in [0.4, 0.5) is 0 Å². The molecule has 0 amide bonds. The predicted molar refractivity (Wildman–Crippen MR) is 119 cm³/mol. The van der Waals surface area contributed by atoms with Gasteiger partial charge in [-0.05, 0) is 51.5 Å². The molecule has 0 fully saturated rings. The van der Waals surface area contributed by atoms with E-state index >= 15 is 0 Å². The predicted octanol–water partition coefficient (Wildman–Crippen LogP) is 4.56. The summed E-state index contributed by atoms with van der Waals surface area (Å²) in [7, 11) is -3.91. The van der Waals surface area contributed by atoms with Crippen molar-refractivity contribution >= 4 is 45.0 Å². The minimum atomic E-state index is -3.91. The Labute approximate surface area is 196 Å². The lowest BCUT2D eigenvalue weighted by Crippen LogP contribution is -2.23. The fraction of sp³-hybridized carbons (Fsp3) is 0.381. The van der Waals surface area contributed by atoms with Crippen LogP contribution in [-0.4, -0.2) is 42.7 Å². The maximum absolute atomic E-state index is 12.8. The van der Waals surface area contributed by atoms with Gasteiger partial charge in [0.1, 0.15) is 16.4 Å². The lowest BCUT2D eigenvalue weighted by Gasteiger charge is -2.19. The minimum absolute atomic E-state index is 0.0552. The summed E-state index contributed by atoms with van der Waals surface area (Å²) in [5, 5.41) is 8.64. The van der Waals surface area contributed by atoms with Crippen molar-refractivity contribution in [3.05, 3.63) is 51.8 Å². The highest BCUT2D eigenvalue weighted by atomic mass is 35.5. The Bertz CT molecular complexity index is 1090. The Hall–Kier alpha value is -2.36. The molecule has 0 atom stereocenters. The summed E-state index contributed by atoms with van der Waals surface area (Å²) in [5.41, 5.74) is -0.464. The van der Waals surface area contributed by atoms with Gasteiger partial charge in [0.15, 0.2) is 9.84 Å². The fourth-order valence-electron chi connectivity index (χ4n) is 2.57. The van der Waals surface area contributed by atoms with E-state index in [1.54, 1.807) is 20.8 Å². The third-order valence-electron chi connectivity index (χ3n) is 3.96. The van der Waals surface area contributed by atoms with E-state index in [0.29, 0.717) is 6.42 Å². The highest BCUT2D eigenvalue weighted by molar-refractivity contribution is 7.90. The second-order valence-electron chi connectivity index (χ2n) is 7.83. The van der Waals surface area contributed by atoms with Gasteiger partial charge in [-0.25, -0.2) is 13.2 Å². The van der Waals surface area contributed by atoms with Crippen LogP contribution < -0.4 is 4.74 Å². The highest BCUT2D eigenvalue weighted by Gasteiger charge is 2.23. The second kappa shape index (κ2) is 10.5. The maximum atomic E-state index is 12.8. The number of benzene rings is 1. The van der Waals surface area contributed by atoms with Crippen LogP contribution in [0.3, 0.4) is 0 Å². The van der Waals surface area contributed by atoms with Gasteiger partial charge in [-0.15, -0.1) is 0 Å². The second-order valence-corrected chi connectivity index (χ2v) is 10.5. The number of ether oxygens (including phenoxy) is 2. The first-order valence-corrected chi connectivity index (χ1v) is 11.9. The van der Waals surface area contributed by atoms with Crippen LogP contribution in [0.5, 0.6) is 5.75 Å². The van der Waals surface area contributed by atoms with Crippen LogP contribution >= 0.6 is 23.2 Å². The van der Waals surface area contributed by atoms with E-state index in [9.17, 15) is 18.0 Å². The molecule has 2 rings (SSSR count). The first kappa shape index (κ1) is 25.9. The van der Waals surface area contributed by atoms with Gasteiger partial charge in [0.2, 0.25) is 0 Å². The Morgan fingerprint density at radius 3 is 2.34 bits per heavy atom. The molecule has 1 heterocycles. The van der Waals surface area contributed by atoms with Gasteiger partial charge in [0, 0.05) is 12.6 Å². The molecule has 0 aliphatic rings. The summed E-state index contributed by atoms with van der Waals surface area (Å²) in [6.45, 7) is 5.49. The largest absolute Gasteiger partial charge is 0.492 e. The summed E-state index contributed by atoms with van der Waals surface area (Å²) in [6, 6.07) is 5.25. The molecule has 0 saturated carbocycles. The molecular weight excluding hydrogens is 481 g/mol. The van der Waals surface area contributed by atoms with Crippen LogP contribution in [0.2, 0.25) is 10.0 Å². The number of nitrogens with zero attached hydrogens (tertiary/aromatic N) is 1. The number of pyridine rings is 1. The van der Waals surface area contributed by atoms with Crippen molar-refractivity contribution in [1.82, 2.24) is 4.98 Å². The monoisotopic (exact) mass is 503 g/mol. The molecule has 0 aliphatic heterocycles. The van der Waals surface area contributed by atoms with Gasteiger partial charge in [0.05, 0.1) is 33.5 Å². The summed E-state index contributed by atoms with van der Waals surface area (Å²) in [6.07, 6.45) is 1.61. The average molecular weight is 504 g/mol. The molecule has 2 aromatic rings. The minimum Gasteiger partial charge on any atom is -0.492 e. The Kier molecular flexibility index (Phi) is 8.50. The first-order valence-electron chi connectivity index (χ1n) is 9.54. The number of carboxylic acids is 1. The van der Waals surface area contributed by atoms with Gasteiger partial charge < -0.3 is 14.6 Å². The van der Waals surface area contributed by atoms with Crippen molar-refractivity contribution in [3.8, 4) is 5.75 Å². The Balaban J connectivity index is 2.04. The lowest BCUT2D eigenvalue weighted by atomic mass is 10.2. The summed E-state index contributed by atoms with van der Waals surface area (Å²) >= 11 is 12.4. The molecule has 0 saturated heterocycles. The molecular formula is C21H23Cl2NO7S. The fourth-order valence-corrected chi connectivity index (χ4v) is 4.72. The molecule has 0 aliphatic carbocycles. The zero-order valence-corrected chi connectivity index (χ0v) is 20.1. The molecule has 1 aromatic carbocycles. The van der Waals surface area contributed by atoms with Crippen LogP contribution in [0, 0.1) is 0 Å².